The Hall–Kier alpha value is -4.29. The highest BCUT2D eigenvalue weighted by Crippen LogP contribution is 2.33. The summed E-state index contributed by atoms with van der Waals surface area (Å²) >= 11 is 1.38. The van der Waals surface area contributed by atoms with E-state index in [0.29, 0.717) is 75.5 Å². The fraction of sp³-hybridized carbons (Fsp3) is 0.486. The second-order valence-electron chi connectivity index (χ2n) is 13.4. The molecule has 0 unspecified atom stereocenters. The van der Waals surface area contributed by atoms with Crippen molar-refractivity contribution in [2.24, 2.45) is 11.8 Å². The first-order valence-corrected chi connectivity index (χ1v) is 18.1. The molecule has 4 amide bonds. The fourth-order valence-corrected chi connectivity index (χ4v) is 8.30. The standard InChI is InChI=1S/C37H46N6O5S/c1-24-35-37(47)42-15-12-27(18-32(44)40-21-25-7-4-3-5-8-25)28(23-42)19-34(45)43-16-13-29(39-22-26-9-6-10-30(17-26)48-2)20-31(43)36(46)38-14-11-33(41-24)49-35/h3-10,17,27-29,31,39H,11-16,18-23H2,1-2H3,(H,38,46)(H,40,44)/t27-,28-,29+,31-/m0/s1. The molecule has 4 bridgehead atoms. The van der Waals surface area contributed by atoms with Gasteiger partial charge >= 0.3 is 0 Å². The number of benzene rings is 2. The van der Waals surface area contributed by atoms with Crippen molar-refractivity contribution in [1.82, 2.24) is 30.7 Å². The molecular weight excluding hydrogens is 641 g/mol. The molecule has 3 N–H and O–H groups in total. The lowest BCUT2D eigenvalue weighted by atomic mass is 9.80. The maximum atomic E-state index is 14.2. The predicted octanol–water partition coefficient (Wildman–Crippen LogP) is 3.46. The maximum Gasteiger partial charge on any atom is 0.265 e. The lowest BCUT2D eigenvalue weighted by Gasteiger charge is -2.42. The van der Waals surface area contributed by atoms with Crippen LogP contribution in [0.1, 0.15) is 63.6 Å². The Bertz CT molecular complexity index is 1650. The van der Waals surface area contributed by atoms with E-state index in [2.05, 4.69) is 20.9 Å². The van der Waals surface area contributed by atoms with Crippen molar-refractivity contribution in [2.45, 2.75) is 70.6 Å². The number of amides is 4. The molecule has 0 spiro atoms. The number of nitrogens with zero attached hydrogens (tertiary/aromatic N) is 3. The molecule has 4 heterocycles. The Kier molecular flexibility index (Phi) is 11.3. The molecule has 6 rings (SSSR count). The van der Waals surface area contributed by atoms with Gasteiger partial charge in [-0.2, -0.15) is 0 Å². The number of carbonyl (C=O) groups excluding carboxylic acids is 4. The molecule has 1 aromatic heterocycles. The van der Waals surface area contributed by atoms with Crippen molar-refractivity contribution >= 4 is 35.0 Å². The highest BCUT2D eigenvalue weighted by Gasteiger charge is 2.40. The molecule has 2 aromatic carbocycles. The van der Waals surface area contributed by atoms with Crippen LogP contribution in [-0.2, 0) is 33.9 Å². The molecule has 0 saturated carbocycles. The Morgan fingerprint density at radius 3 is 2.67 bits per heavy atom. The average Bonchev–Trinajstić information content (AvgIpc) is 3.49. The SMILES string of the molecule is COc1cccc(CN[C@@H]2CCN3C(=O)C[C@H]4CN(CC[C@H]4CC(=O)NCc4ccccc4)C(=O)c4sc(nc4C)CCNC(=O)[C@@H]3C2)c1. The van der Waals surface area contributed by atoms with E-state index in [1.54, 1.807) is 12.0 Å². The first kappa shape index (κ1) is 34.6. The quantitative estimate of drug-likeness (QED) is 0.331. The zero-order valence-electron chi connectivity index (χ0n) is 28.3. The Balaban J connectivity index is 1.19. The van der Waals surface area contributed by atoms with Crippen molar-refractivity contribution in [2.75, 3.05) is 33.3 Å². The maximum absolute atomic E-state index is 14.2. The third-order valence-electron chi connectivity index (χ3n) is 10.0. The lowest BCUT2D eigenvalue weighted by Crippen LogP contribution is -2.57. The first-order chi connectivity index (χ1) is 23.8. The molecule has 0 aliphatic carbocycles. The Morgan fingerprint density at radius 2 is 1.86 bits per heavy atom. The van der Waals surface area contributed by atoms with Crippen molar-refractivity contribution in [3.05, 3.63) is 81.3 Å². The van der Waals surface area contributed by atoms with Gasteiger partial charge in [0, 0.05) is 64.6 Å². The summed E-state index contributed by atoms with van der Waals surface area (Å²) in [5.41, 5.74) is 2.78. The van der Waals surface area contributed by atoms with Gasteiger partial charge in [0.2, 0.25) is 17.7 Å². The van der Waals surface area contributed by atoms with E-state index in [4.69, 9.17) is 4.74 Å². The number of rotatable bonds is 8. The van der Waals surface area contributed by atoms with Crippen LogP contribution in [0.25, 0.3) is 0 Å². The van der Waals surface area contributed by atoms with Crippen LogP contribution in [0.2, 0.25) is 0 Å². The number of ether oxygens (including phenoxy) is 1. The molecule has 4 atom stereocenters. The smallest absolute Gasteiger partial charge is 0.265 e. The number of methoxy groups -OCH3 is 1. The lowest BCUT2D eigenvalue weighted by molar-refractivity contribution is -0.144. The minimum Gasteiger partial charge on any atom is -0.497 e. The van der Waals surface area contributed by atoms with Gasteiger partial charge in [-0.15, -0.1) is 11.3 Å². The summed E-state index contributed by atoms with van der Waals surface area (Å²) in [6.45, 7) is 4.60. The van der Waals surface area contributed by atoms with Crippen LogP contribution >= 0.6 is 11.3 Å². The van der Waals surface area contributed by atoms with Gasteiger partial charge in [0.05, 0.1) is 17.8 Å². The Morgan fingerprint density at radius 1 is 1.04 bits per heavy atom. The second kappa shape index (κ2) is 15.9. The number of hydrogen-bond acceptors (Lipinski definition) is 8. The minimum atomic E-state index is -0.628. The zero-order chi connectivity index (χ0) is 34.3. The van der Waals surface area contributed by atoms with Gasteiger partial charge in [-0.25, -0.2) is 4.98 Å². The number of aromatic nitrogens is 1. The minimum absolute atomic E-state index is 0.0427. The summed E-state index contributed by atoms with van der Waals surface area (Å²) < 4.78 is 5.37. The summed E-state index contributed by atoms with van der Waals surface area (Å²) in [5, 5.41) is 10.5. The first-order valence-electron chi connectivity index (χ1n) is 17.3. The molecule has 3 aliphatic rings. The van der Waals surface area contributed by atoms with Gasteiger partial charge in [-0.05, 0) is 61.3 Å². The van der Waals surface area contributed by atoms with Gasteiger partial charge in [0.1, 0.15) is 16.7 Å². The van der Waals surface area contributed by atoms with Crippen molar-refractivity contribution in [3.63, 3.8) is 0 Å². The number of hydrogen-bond donors (Lipinski definition) is 3. The van der Waals surface area contributed by atoms with Crippen LogP contribution in [0.15, 0.2) is 54.6 Å². The van der Waals surface area contributed by atoms with Gasteiger partial charge in [0.25, 0.3) is 5.91 Å². The molecule has 3 aromatic rings. The normalized spacial score (nSPS) is 23.2. The predicted molar refractivity (Wildman–Crippen MR) is 187 cm³/mol. The van der Waals surface area contributed by atoms with Crippen LogP contribution in [0, 0.1) is 18.8 Å². The van der Waals surface area contributed by atoms with Crippen LogP contribution in [-0.4, -0.2) is 83.8 Å². The number of aryl methyl sites for hydroxylation is 1. The highest BCUT2D eigenvalue weighted by molar-refractivity contribution is 7.13. The average molecular weight is 687 g/mol. The summed E-state index contributed by atoms with van der Waals surface area (Å²) in [5.74, 6) is 0.0580. The van der Waals surface area contributed by atoms with Crippen LogP contribution in [0.5, 0.6) is 5.75 Å². The summed E-state index contributed by atoms with van der Waals surface area (Å²) in [7, 11) is 1.65. The summed E-state index contributed by atoms with van der Waals surface area (Å²) in [6, 6.07) is 17.1. The van der Waals surface area contributed by atoms with Crippen molar-refractivity contribution < 1.29 is 23.9 Å². The van der Waals surface area contributed by atoms with Crippen LogP contribution < -0.4 is 20.7 Å². The Labute approximate surface area is 291 Å². The second-order valence-corrected chi connectivity index (χ2v) is 14.4. The topological polar surface area (TPSA) is 133 Å². The molecule has 49 heavy (non-hydrogen) atoms. The fourth-order valence-electron chi connectivity index (χ4n) is 7.27. The monoisotopic (exact) mass is 686 g/mol. The van der Waals surface area contributed by atoms with E-state index in [9.17, 15) is 19.2 Å². The van der Waals surface area contributed by atoms with Crippen molar-refractivity contribution in [3.8, 4) is 5.75 Å². The van der Waals surface area contributed by atoms with Crippen LogP contribution in [0.4, 0.5) is 0 Å². The zero-order valence-corrected chi connectivity index (χ0v) is 29.1. The van der Waals surface area contributed by atoms with Gasteiger partial charge < -0.3 is 30.5 Å². The van der Waals surface area contributed by atoms with E-state index < -0.39 is 6.04 Å². The van der Waals surface area contributed by atoms with E-state index >= 15 is 0 Å². The largest absolute Gasteiger partial charge is 0.497 e. The van der Waals surface area contributed by atoms with Gasteiger partial charge in [-0.1, -0.05) is 42.5 Å². The molecule has 11 nitrogen and oxygen atoms in total. The number of carbonyl (C=O) groups is 4. The summed E-state index contributed by atoms with van der Waals surface area (Å²) in [4.78, 5) is 63.7. The van der Waals surface area contributed by atoms with Gasteiger partial charge in [0.15, 0.2) is 0 Å². The van der Waals surface area contributed by atoms with E-state index in [0.717, 1.165) is 21.9 Å². The van der Waals surface area contributed by atoms with Crippen LogP contribution in [0.3, 0.4) is 0 Å². The number of piperidine rings is 2. The molecular formula is C37H46N6O5S. The van der Waals surface area contributed by atoms with Gasteiger partial charge in [-0.3, -0.25) is 19.2 Å². The van der Waals surface area contributed by atoms with Crippen molar-refractivity contribution in [1.29, 1.82) is 0 Å². The third-order valence-corrected chi connectivity index (χ3v) is 11.2. The molecule has 260 valence electrons. The molecule has 12 heteroatoms. The molecule has 3 aliphatic heterocycles. The van der Waals surface area contributed by atoms with E-state index in [-0.39, 0.29) is 54.3 Å². The number of fused-ring (bicyclic) bond motifs is 5. The van der Waals surface area contributed by atoms with E-state index in [1.807, 2.05) is 66.4 Å². The molecule has 2 saturated heterocycles. The number of nitrogens with one attached hydrogen (secondary N) is 3. The number of thiazole rings is 1. The highest BCUT2D eigenvalue weighted by atomic mass is 32.1. The van der Waals surface area contributed by atoms with E-state index in [1.165, 1.54) is 11.3 Å². The molecule has 2 fully saturated rings. The molecule has 0 radical (unpaired) electrons. The summed E-state index contributed by atoms with van der Waals surface area (Å²) in [6.07, 6.45) is 2.76. The third kappa shape index (κ3) is 8.66.